The highest BCUT2D eigenvalue weighted by Crippen LogP contribution is 2.10. The summed E-state index contributed by atoms with van der Waals surface area (Å²) in [4.78, 5) is 23.6. The Bertz CT molecular complexity index is 535. The molecule has 0 saturated carbocycles. The minimum absolute atomic E-state index is 0.0247. The molecular formula is C16H23ClN4O2. The number of halogens is 1. The predicted octanol–water partition coefficient (Wildman–Crippen LogP) is 1.25. The Morgan fingerprint density at radius 2 is 2.00 bits per heavy atom. The molecule has 2 unspecified atom stereocenters. The summed E-state index contributed by atoms with van der Waals surface area (Å²) in [5.74, 6) is 0.233. The first-order chi connectivity index (χ1) is 11.0. The third-order valence-electron chi connectivity index (χ3n) is 3.91. The zero-order valence-corrected chi connectivity index (χ0v) is 14.0. The highest BCUT2D eigenvalue weighted by Gasteiger charge is 2.22. The minimum atomic E-state index is -0.367. The molecule has 7 heteroatoms. The molecule has 23 heavy (non-hydrogen) atoms. The molecule has 1 aliphatic rings. The first-order valence-electron chi connectivity index (χ1n) is 7.81. The minimum Gasteiger partial charge on any atom is -0.351 e. The second-order valence-corrected chi connectivity index (χ2v) is 6.24. The molecule has 0 radical (unpaired) electrons. The van der Waals surface area contributed by atoms with E-state index in [1.807, 2.05) is 12.1 Å². The maximum Gasteiger partial charge on any atom is 0.315 e. The fraction of sp³-hybridized carbons (Fsp3) is 0.500. The summed E-state index contributed by atoms with van der Waals surface area (Å²) in [7, 11) is 0. The summed E-state index contributed by atoms with van der Waals surface area (Å²) in [5, 5.41) is 12.2. The lowest BCUT2D eigenvalue weighted by Gasteiger charge is -2.30. The Morgan fingerprint density at radius 3 is 2.70 bits per heavy atom. The molecule has 0 aromatic heterocycles. The van der Waals surface area contributed by atoms with Gasteiger partial charge in [0.15, 0.2) is 0 Å². The third-order valence-corrected chi connectivity index (χ3v) is 4.16. The van der Waals surface area contributed by atoms with Crippen LogP contribution in [0.15, 0.2) is 24.3 Å². The van der Waals surface area contributed by atoms with Crippen LogP contribution in [-0.4, -0.2) is 37.6 Å². The van der Waals surface area contributed by atoms with Crippen LogP contribution >= 0.6 is 11.6 Å². The van der Waals surface area contributed by atoms with Crippen LogP contribution in [0.25, 0.3) is 0 Å². The van der Waals surface area contributed by atoms with Gasteiger partial charge in [0.1, 0.15) is 0 Å². The van der Waals surface area contributed by atoms with E-state index in [0.29, 0.717) is 17.5 Å². The highest BCUT2D eigenvalue weighted by molar-refractivity contribution is 6.30. The van der Waals surface area contributed by atoms with Crippen LogP contribution in [0.5, 0.6) is 0 Å². The lowest BCUT2D eigenvalue weighted by Crippen LogP contribution is -2.51. The number of carbonyl (C=O) groups is 2. The van der Waals surface area contributed by atoms with Crippen molar-refractivity contribution in [1.82, 2.24) is 21.3 Å². The number of piperidine rings is 1. The van der Waals surface area contributed by atoms with Crippen molar-refractivity contribution in [3.8, 4) is 0 Å². The molecule has 2 rings (SSSR count). The Labute approximate surface area is 141 Å². The Kier molecular flexibility index (Phi) is 6.67. The molecule has 0 spiro atoms. The average molecular weight is 339 g/mol. The molecule has 3 amide bonds. The number of urea groups is 1. The van der Waals surface area contributed by atoms with Gasteiger partial charge in [-0.05, 0) is 43.1 Å². The molecule has 1 aromatic carbocycles. The summed E-state index contributed by atoms with van der Waals surface area (Å²) < 4.78 is 0. The van der Waals surface area contributed by atoms with E-state index in [2.05, 4.69) is 28.2 Å². The first-order valence-corrected chi connectivity index (χ1v) is 8.18. The van der Waals surface area contributed by atoms with Gasteiger partial charge in [0.2, 0.25) is 5.91 Å². The van der Waals surface area contributed by atoms with Gasteiger partial charge in [-0.25, -0.2) is 4.79 Å². The third kappa shape index (κ3) is 6.08. The molecule has 0 aliphatic carbocycles. The summed E-state index contributed by atoms with van der Waals surface area (Å²) in [6, 6.07) is 7.02. The van der Waals surface area contributed by atoms with Crippen LogP contribution in [0.1, 0.15) is 18.9 Å². The summed E-state index contributed by atoms with van der Waals surface area (Å²) in [6.07, 6.45) is 0.912. The van der Waals surface area contributed by atoms with E-state index in [1.165, 1.54) is 0 Å². The van der Waals surface area contributed by atoms with Crippen molar-refractivity contribution in [3.63, 3.8) is 0 Å². The van der Waals surface area contributed by atoms with E-state index >= 15 is 0 Å². The van der Waals surface area contributed by atoms with Crippen molar-refractivity contribution in [1.29, 1.82) is 0 Å². The Hall–Kier alpha value is -1.79. The molecule has 1 saturated heterocycles. The molecule has 1 aromatic rings. The number of nitrogens with one attached hydrogen (secondary N) is 4. The summed E-state index contributed by atoms with van der Waals surface area (Å²) in [6.45, 7) is 4.27. The quantitative estimate of drug-likeness (QED) is 0.652. The smallest absolute Gasteiger partial charge is 0.315 e. The van der Waals surface area contributed by atoms with E-state index < -0.39 is 0 Å². The van der Waals surface area contributed by atoms with Crippen molar-refractivity contribution in [2.45, 2.75) is 25.9 Å². The zero-order valence-electron chi connectivity index (χ0n) is 13.2. The lowest BCUT2D eigenvalue weighted by atomic mass is 9.95. The van der Waals surface area contributed by atoms with Crippen molar-refractivity contribution < 1.29 is 9.59 Å². The number of hydrogen-bond donors (Lipinski definition) is 4. The molecular weight excluding hydrogens is 316 g/mol. The zero-order chi connectivity index (χ0) is 16.7. The van der Waals surface area contributed by atoms with E-state index in [1.54, 1.807) is 12.1 Å². The first kappa shape index (κ1) is 17.6. The van der Waals surface area contributed by atoms with Gasteiger partial charge in [0.25, 0.3) is 0 Å². The van der Waals surface area contributed by atoms with Gasteiger partial charge < -0.3 is 21.3 Å². The SMILES string of the molecule is CC1CNCCC1NC(=O)CNC(=O)NCc1ccc(Cl)cc1. The molecule has 1 fully saturated rings. The normalized spacial score (nSPS) is 20.6. The molecule has 1 heterocycles. The van der Waals surface area contributed by atoms with Crippen molar-refractivity contribution in [2.24, 2.45) is 5.92 Å². The number of rotatable bonds is 5. The van der Waals surface area contributed by atoms with Crippen LogP contribution < -0.4 is 21.3 Å². The van der Waals surface area contributed by atoms with Crippen molar-refractivity contribution >= 4 is 23.5 Å². The van der Waals surface area contributed by atoms with Gasteiger partial charge in [-0.15, -0.1) is 0 Å². The second-order valence-electron chi connectivity index (χ2n) is 5.81. The van der Waals surface area contributed by atoms with Crippen LogP contribution in [-0.2, 0) is 11.3 Å². The van der Waals surface area contributed by atoms with Gasteiger partial charge in [0, 0.05) is 17.6 Å². The number of carbonyl (C=O) groups excluding carboxylic acids is 2. The topological polar surface area (TPSA) is 82.3 Å². The number of benzene rings is 1. The van der Waals surface area contributed by atoms with E-state index in [4.69, 9.17) is 11.6 Å². The van der Waals surface area contributed by atoms with Crippen LogP contribution in [0.2, 0.25) is 5.02 Å². The number of hydrogen-bond acceptors (Lipinski definition) is 3. The van der Waals surface area contributed by atoms with Gasteiger partial charge in [-0.2, -0.15) is 0 Å². The highest BCUT2D eigenvalue weighted by atomic mass is 35.5. The van der Waals surface area contributed by atoms with Gasteiger partial charge in [0.05, 0.1) is 6.54 Å². The van der Waals surface area contributed by atoms with Crippen LogP contribution in [0, 0.1) is 5.92 Å². The largest absolute Gasteiger partial charge is 0.351 e. The van der Waals surface area contributed by atoms with Gasteiger partial charge in [-0.3, -0.25) is 4.79 Å². The summed E-state index contributed by atoms with van der Waals surface area (Å²) in [5.41, 5.74) is 0.942. The molecule has 1 aliphatic heterocycles. The fourth-order valence-electron chi connectivity index (χ4n) is 2.49. The van der Waals surface area contributed by atoms with E-state index in [9.17, 15) is 9.59 Å². The molecule has 6 nitrogen and oxygen atoms in total. The standard InChI is InChI=1S/C16H23ClN4O2/c1-11-8-18-7-6-14(11)21-15(22)10-20-16(23)19-9-12-2-4-13(17)5-3-12/h2-5,11,14,18H,6-10H2,1H3,(H,21,22)(H2,19,20,23). The maximum absolute atomic E-state index is 11.9. The Morgan fingerprint density at radius 1 is 1.26 bits per heavy atom. The maximum atomic E-state index is 11.9. The Balaban J connectivity index is 1.65. The lowest BCUT2D eigenvalue weighted by molar-refractivity contribution is -0.121. The van der Waals surface area contributed by atoms with Crippen molar-refractivity contribution in [3.05, 3.63) is 34.9 Å². The van der Waals surface area contributed by atoms with E-state index in [0.717, 1.165) is 25.1 Å². The molecule has 126 valence electrons. The molecule has 2 atom stereocenters. The van der Waals surface area contributed by atoms with Crippen LogP contribution in [0.3, 0.4) is 0 Å². The predicted molar refractivity (Wildman–Crippen MR) is 90.3 cm³/mol. The molecule has 4 N–H and O–H groups in total. The second kappa shape index (κ2) is 8.74. The van der Waals surface area contributed by atoms with Gasteiger partial charge >= 0.3 is 6.03 Å². The van der Waals surface area contributed by atoms with Crippen molar-refractivity contribution in [2.75, 3.05) is 19.6 Å². The fourth-order valence-corrected chi connectivity index (χ4v) is 2.62. The average Bonchev–Trinajstić information content (AvgIpc) is 2.54. The monoisotopic (exact) mass is 338 g/mol. The van der Waals surface area contributed by atoms with Crippen LogP contribution in [0.4, 0.5) is 4.79 Å². The molecule has 0 bridgehead atoms. The summed E-state index contributed by atoms with van der Waals surface area (Å²) >= 11 is 5.80. The number of amides is 3. The van der Waals surface area contributed by atoms with E-state index in [-0.39, 0.29) is 24.5 Å². The van der Waals surface area contributed by atoms with Gasteiger partial charge in [-0.1, -0.05) is 30.7 Å².